The van der Waals surface area contributed by atoms with Crippen molar-refractivity contribution in [2.75, 3.05) is 4.90 Å². The minimum Gasteiger partial charge on any atom is -0.310 e. The second-order valence-electron chi connectivity index (χ2n) is 18.1. The van der Waals surface area contributed by atoms with Crippen LogP contribution < -0.4 is 4.90 Å². The average Bonchev–Trinajstić information content (AvgIpc) is 3.92. The van der Waals surface area contributed by atoms with Crippen LogP contribution in [0.25, 0.3) is 72.0 Å². The Kier molecular flexibility index (Phi) is 9.77. The van der Waals surface area contributed by atoms with E-state index in [4.69, 9.17) is 0 Å². The molecule has 13 rings (SSSR count). The van der Waals surface area contributed by atoms with Crippen molar-refractivity contribution in [2.24, 2.45) is 0 Å². The van der Waals surface area contributed by atoms with E-state index in [0.29, 0.717) is 0 Å². The monoisotopic (exact) mass is 878 g/mol. The van der Waals surface area contributed by atoms with Gasteiger partial charge in [-0.2, -0.15) is 0 Å². The van der Waals surface area contributed by atoms with E-state index < -0.39 is 5.41 Å². The maximum Gasteiger partial charge on any atom is 0.0713 e. The molecule has 2 heteroatoms. The second kappa shape index (κ2) is 16.7. The van der Waals surface area contributed by atoms with Gasteiger partial charge in [-0.25, -0.2) is 0 Å². The van der Waals surface area contributed by atoms with Gasteiger partial charge in [0.25, 0.3) is 0 Å². The van der Waals surface area contributed by atoms with Crippen LogP contribution in [-0.4, -0.2) is 4.57 Å². The molecule has 0 fully saturated rings. The molecule has 0 spiro atoms. The van der Waals surface area contributed by atoms with Crippen LogP contribution in [0.15, 0.2) is 279 Å². The molecule has 0 radical (unpaired) electrons. The number of fused-ring (bicyclic) bond motifs is 6. The normalized spacial score (nSPS) is 12.5. The Morgan fingerprint density at radius 2 is 0.754 bits per heavy atom. The molecule has 1 heterocycles. The minimum absolute atomic E-state index is 0.448. The lowest BCUT2D eigenvalue weighted by Gasteiger charge is -2.33. The molecular formula is C67H46N2. The smallest absolute Gasteiger partial charge is 0.0713 e. The highest BCUT2D eigenvalue weighted by Crippen LogP contribution is 2.56. The van der Waals surface area contributed by atoms with Crippen LogP contribution in [0, 0.1) is 0 Å². The number of rotatable bonds is 9. The molecule has 69 heavy (non-hydrogen) atoms. The summed E-state index contributed by atoms with van der Waals surface area (Å²) in [7, 11) is 0. The van der Waals surface area contributed by atoms with Crippen molar-refractivity contribution >= 4 is 38.9 Å². The zero-order valence-corrected chi connectivity index (χ0v) is 38.0. The van der Waals surface area contributed by atoms with Gasteiger partial charge in [0.15, 0.2) is 0 Å². The first-order valence-electron chi connectivity index (χ1n) is 23.8. The van der Waals surface area contributed by atoms with Gasteiger partial charge in [-0.05, 0) is 127 Å². The summed E-state index contributed by atoms with van der Waals surface area (Å²) in [6.45, 7) is 0. The molecule has 12 aromatic rings. The SMILES string of the molecule is c1ccc(-c2ccc(-c3ccc(N(c4ccccc4)c4cccc(-c5ccc6c7ccccc7n(-c7ccc8c(c7)-c7ccccc7C8(c7ccccc7)c7ccccc7)c6c5)c4)cc3)cc2)cc1. The fraction of sp³-hybridized carbons (Fsp3) is 0.0149. The number of aromatic nitrogens is 1. The van der Waals surface area contributed by atoms with E-state index in [2.05, 4.69) is 289 Å². The Morgan fingerprint density at radius 1 is 0.275 bits per heavy atom. The molecule has 2 nitrogen and oxygen atoms in total. The maximum atomic E-state index is 2.47. The van der Waals surface area contributed by atoms with Gasteiger partial charge in [0.2, 0.25) is 0 Å². The largest absolute Gasteiger partial charge is 0.310 e. The number of benzene rings is 11. The minimum atomic E-state index is -0.448. The highest BCUT2D eigenvalue weighted by atomic mass is 15.1. The Bertz CT molecular complexity index is 3760. The molecule has 0 amide bonds. The molecule has 0 aliphatic heterocycles. The van der Waals surface area contributed by atoms with Crippen molar-refractivity contribution in [3.05, 3.63) is 301 Å². The van der Waals surface area contributed by atoms with E-state index in [9.17, 15) is 0 Å². The van der Waals surface area contributed by atoms with Gasteiger partial charge < -0.3 is 9.47 Å². The Balaban J connectivity index is 0.910. The third-order valence-corrected chi connectivity index (χ3v) is 14.3. The van der Waals surface area contributed by atoms with Gasteiger partial charge in [-0.1, -0.05) is 218 Å². The van der Waals surface area contributed by atoms with Crippen LogP contribution in [0.1, 0.15) is 22.3 Å². The van der Waals surface area contributed by atoms with Crippen molar-refractivity contribution in [1.29, 1.82) is 0 Å². The van der Waals surface area contributed by atoms with Crippen molar-refractivity contribution in [2.45, 2.75) is 5.41 Å². The lowest BCUT2D eigenvalue weighted by molar-refractivity contribution is 0.768. The number of para-hydroxylation sites is 2. The number of hydrogen-bond acceptors (Lipinski definition) is 1. The van der Waals surface area contributed by atoms with E-state index in [1.165, 1.54) is 77.4 Å². The molecule has 11 aromatic carbocycles. The molecule has 0 unspecified atom stereocenters. The predicted octanol–water partition coefficient (Wildman–Crippen LogP) is 17.6. The zero-order valence-electron chi connectivity index (χ0n) is 38.0. The zero-order chi connectivity index (χ0) is 45.7. The topological polar surface area (TPSA) is 8.17 Å². The first kappa shape index (κ1) is 40.3. The van der Waals surface area contributed by atoms with Crippen LogP contribution in [-0.2, 0) is 5.41 Å². The summed E-state index contributed by atoms with van der Waals surface area (Å²) in [6, 6.07) is 102. The van der Waals surface area contributed by atoms with Crippen molar-refractivity contribution in [1.82, 2.24) is 4.57 Å². The van der Waals surface area contributed by atoms with Crippen LogP contribution in [0.4, 0.5) is 17.1 Å². The molecule has 0 saturated carbocycles. The summed E-state index contributed by atoms with van der Waals surface area (Å²) in [5, 5.41) is 2.47. The molecule has 324 valence electrons. The number of anilines is 3. The highest BCUT2D eigenvalue weighted by Gasteiger charge is 2.46. The highest BCUT2D eigenvalue weighted by molar-refractivity contribution is 6.10. The van der Waals surface area contributed by atoms with Gasteiger partial charge in [-0.15, -0.1) is 0 Å². The average molecular weight is 879 g/mol. The summed E-state index contributed by atoms with van der Waals surface area (Å²) in [6.07, 6.45) is 0. The molecule has 0 saturated heterocycles. The standard InChI is InChI=1S/C67H46N2/c1-5-18-47(19-6-1)48-32-34-49(35-33-48)50-36-39-56(40-37-50)68(55-25-11-4-12-26-55)57-27-17-20-51(44-57)52-38-42-61-60-29-14-16-31-65(60)69(66(61)45-52)58-41-43-64-62(46-58)59-28-13-15-30-63(59)67(64,53-21-7-2-8-22-53)54-23-9-3-10-24-54/h1-46H. The lowest BCUT2D eigenvalue weighted by atomic mass is 9.68. The number of hydrogen-bond donors (Lipinski definition) is 0. The van der Waals surface area contributed by atoms with Gasteiger partial charge in [-0.3, -0.25) is 0 Å². The van der Waals surface area contributed by atoms with Crippen LogP contribution >= 0.6 is 0 Å². The van der Waals surface area contributed by atoms with Crippen LogP contribution in [0.5, 0.6) is 0 Å². The van der Waals surface area contributed by atoms with Crippen molar-refractivity contribution in [3.8, 4) is 50.2 Å². The predicted molar refractivity (Wildman–Crippen MR) is 289 cm³/mol. The van der Waals surface area contributed by atoms with Crippen LogP contribution in [0.2, 0.25) is 0 Å². The Hall–Kier alpha value is -8.98. The molecular weight excluding hydrogens is 833 g/mol. The van der Waals surface area contributed by atoms with Crippen molar-refractivity contribution < 1.29 is 0 Å². The molecule has 1 aliphatic rings. The molecule has 0 bridgehead atoms. The maximum absolute atomic E-state index is 2.47. The summed E-state index contributed by atoms with van der Waals surface area (Å²) in [5.74, 6) is 0. The molecule has 1 aromatic heterocycles. The quantitative estimate of drug-likeness (QED) is 0.140. The van der Waals surface area contributed by atoms with E-state index in [-0.39, 0.29) is 0 Å². The molecule has 1 aliphatic carbocycles. The summed E-state index contributed by atoms with van der Waals surface area (Å²) < 4.78 is 2.47. The summed E-state index contributed by atoms with van der Waals surface area (Å²) >= 11 is 0. The lowest BCUT2D eigenvalue weighted by Crippen LogP contribution is -2.28. The molecule has 0 atom stereocenters. The van der Waals surface area contributed by atoms with E-state index >= 15 is 0 Å². The van der Waals surface area contributed by atoms with E-state index in [1.54, 1.807) is 0 Å². The fourth-order valence-electron chi connectivity index (χ4n) is 11.1. The van der Waals surface area contributed by atoms with Crippen LogP contribution in [0.3, 0.4) is 0 Å². The fourth-order valence-corrected chi connectivity index (χ4v) is 11.1. The van der Waals surface area contributed by atoms with Gasteiger partial charge >= 0.3 is 0 Å². The number of nitrogens with zero attached hydrogens (tertiary/aromatic N) is 2. The van der Waals surface area contributed by atoms with Gasteiger partial charge in [0.1, 0.15) is 0 Å². The van der Waals surface area contributed by atoms with Crippen molar-refractivity contribution in [3.63, 3.8) is 0 Å². The Labute approximate surface area is 403 Å². The first-order chi connectivity index (χ1) is 34.2. The summed E-state index contributed by atoms with van der Waals surface area (Å²) in [4.78, 5) is 2.36. The third-order valence-electron chi connectivity index (χ3n) is 14.3. The van der Waals surface area contributed by atoms with Gasteiger partial charge in [0, 0.05) is 33.5 Å². The Morgan fingerprint density at radius 3 is 1.45 bits per heavy atom. The van der Waals surface area contributed by atoms with E-state index in [1.807, 2.05) is 0 Å². The van der Waals surface area contributed by atoms with E-state index in [0.717, 1.165) is 33.9 Å². The molecule has 0 N–H and O–H groups in total. The summed E-state index contributed by atoms with van der Waals surface area (Å²) in [5.41, 5.74) is 21.2. The second-order valence-corrected chi connectivity index (χ2v) is 18.1. The third kappa shape index (κ3) is 6.72. The first-order valence-corrected chi connectivity index (χ1v) is 23.8. The van der Waals surface area contributed by atoms with Gasteiger partial charge in [0.05, 0.1) is 16.4 Å².